The molecule has 1 fully saturated rings. The van der Waals surface area contributed by atoms with E-state index in [1.165, 1.54) is 30.5 Å². The average molecular weight is 482 g/mol. The summed E-state index contributed by atoms with van der Waals surface area (Å²) in [5.41, 5.74) is -0.431. The first-order valence-corrected chi connectivity index (χ1v) is 10.5. The van der Waals surface area contributed by atoms with Crippen molar-refractivity contribution in [1.29, 1.82) is 0 Å². The van der Waals surface area contributed by atoms with Gasteiger partial charge in [-0.25, -0.2) is 0 Å². The smallest absolute Gasteiger partial charge is 0.416 e. The largest absolute Gasteiger partial charge is 0.507 e. The second-order valence-electron chi connectivity index (χ2n) is 7.95. The van der Waals surface area contributed by atoms with E-state index in [9.17, 15) is 27.9 Å². The number of pyridine rings is 1. The van der Waals surface area contributed by atoms with Gasteiger partial charge in [-0.1, -0.05) is 18.2 Å². The number of halogens is 3. The van der Waals surface area contributed by atoms with E-state index in [4.69, 9.17) is 9.47 Å². The van der Waals surface area contributed by atoms with Gasteiger partial charge in [-0.3, -0.25) is 14.6 Å². The molecule has 0 saturated carbocycles. The van der Waals surface area contributed by atoms with E-state index in [2.05, 4.69) is 4.98 Å². The molecule has 3 heterocycles. The van der Waals surface area contributed by atoms with E-state index in [0.29, 0.717) is 11.5 Å². The Labute approximate surface area is 197 Å². The zero-order chi connectivity index (χ0) is 24.7. The summed E-state index contributed by atoms with van der Waals surface area (Å²) in [4.78, 5) is 31.5. The van der Waals surface area contributed by atoms with Crippen molar-refractivity contribution in [2.24, 2.45) is 0 Å². The monoisotopic (exact) mass is 482 g/mol. The van der Waals surface area contributed by atoms with Crippen LogP contribution < -0.4 is 9.47 Å². The number of hydrogen-bond donors (Lipinski definition) is 1. The number of ketones is 1. The van der Waals surface area contributed by atoms with Crippen LogP contribution in [0.5, 0.6) is 11.5 Å². The number of hydrogen-bond acceptors (Lipinski definition) is 6. The number of alkyl halides is 3. The highest BCUT2D eigenvalue weighted by atomic mass is 19.4. The summed E-state index contributed by atoms with van der Waals surface area (Å²) >= 11 is 0. The molecule has 10 heteroatoms. The third-order valence-corrected chi connectivity index (χ3v) is 5.76. The lowest BCUT2D eigenvalue weighted by molar-refractivity contribution is -0.140. The molecule has 0 radical (unpaired) electrons. The molecule has 5 rings (SSSR count). The molecule has 2 aromatic carbocycles. The molecular weight excluding hydrogens is 465 g/mol. The molecule has 35 heavy (non-hydrogen) atoms. The van der Waals surface area contributed by atoms with Gasteiger partial charge in [0.2, 0.25) is 6.79 Å². The second-order valence-corrected chi connectivity index (χ2v) is 7.95. The molecule has 0 bridgehead atoms. The summed E-state index contributed by atoms with van der Waals surface area (Å²) in [7, 11) is 0. The van der Waals surface area contributed by atoms with Gasteiger partial charge in [0.05, 0.1) is 16.8 Å². The number of aromatic nitrogens is 1. The van der Waals surface area contributed by atoms with E-state index in [1.54, 1.807) is 24.3 Å². The zero-order valence-electron chi connectivity index (χ0n) is 18.0. The summed E-state index contributed by atoms with van der Waals surface area (Å²) in [5, 5.41) is 11.1. The standard InChI is InChI=1S/C25H17F3N2O5/c26-25(27,28)16-5-3-4-14(10-16)12-30-21(17-6-1-2-9-29-17)20(23(32)24(30)33)22(31)15-7-8-18-19(11-15)35-13-34-18/h1-11,21,31H,12-13H2/b22-20-. The van der Waals surface area contributed by atoms with E-state index in [-0.39, 0.29) is 35.7 Å². The number of carbonyl (C=O) groups excluding carboxylic acids is 2. The van der Waals surface area contributed by atoms with Crippen LogP contribution in [0.25, 0.3) is 5.76 Å². The zero-order valence-corrected chi connectivity index (χ0v) is 18.0. The Hall–Kier alpha value is -4.34. The Bertz CT molecular complexity index is 1350. The minimum absolute atomic E-state index is 0.00879. The molecule has 1 amide bonds. The van der Waals surface area contributed by atoms with E-state index in [1.807, 2.05) is 0 Å². The number of likely N-dealkylation sites (tertiary alicyclic amines) is 1. The van der Waals surface area contributed by atoms with Crippen molar-refractivity contribution in [2.75, 3.05) is 6.79 Å². The predicted octanol–water partition coefficient (Wildman–Crippen LogP) is 4.45. The molecule has 1 aromatic heterocycles. The van der Waals surface area contributed by atoms with Gasteiger partial charge < -0.3 is 19.5 Å². The summed E-state index contributed by atoms with van der Waals surface area (Å²) in [6.07, 6.45) is -3.11. The number of fused-ring (bicyclic) bond motifs is 1. The number of rotatable bonds is 4. The predicted molar refractivity (Wildman–Crippen MR) is 116 cm³/mol. The molecule has 3 aromatic rings. The first kappa shape index (κ1) is 22.5. The molecule has 1 unspecified atom stereocenters. The van der Waals surface area contributed by atoms with Gasteiger partial charge in [0.1, 0.15) is 11.8 Å². The van der Waals surface area contributed by atoms with Gasteiger partial charge in [-0.2, -0.15) is 13.2 Å². The number of aliphatic hydroxyl groups excluding tert-OH is 1. The van der Waals surface area contributed by atoms with Crippen molar-refractivity contribution < 1.29 is 37.3 Å². The highest BCUT2D eigenvalue weighted by Gasteiger charge is 2.47. The summed E-state index contributed by atoms with van der Waals surface area (Å²) in [6, 6.07) is 12.8. The topological polar surface area (TPSA) is 89.0 Å². The first-order chi connectivity index (χ1) is 16.7. The van der Waals surface area contributed by atoms with Crippen LogP contribution in [0.2, 0.25) is 0 Å². The van der Waals surface area contributed by atoms with Crippen LogP contribution in [0.15, 0.2) is 72.4 Å². The van der Waals surface area contributed by atoms with E-state index >= 15 is 0 Å². The average Bonchev–Trinajstić information content (AvgIpc) is 3.42. The number of amides is 1. The normalized spacial score (nSPS) is 18.8. The molecule has 1 atom stereocenters. The van der Waals surface area contributed by atoms with E-state index in [0.717, 1.165) is 17.0 Å². The lowest BCUT2D eigenvalue weighted by atomic mass is 9.98. The summed E-state index contributed by atoms with van der Waals surface area (Å²) in [6.45, 7) is -0.289. The van der Waals surface area contributed by atoms with Crippen molar-refractivity contribution in [3.8, 4) is 11.5 Å². The number of nitrogens with zero attached hydrogens (tertiary/aromatic N) is 2. The molecular formula is C25H17F3N2O5. The van der Waals surface area contributed by atoms with Crippen LogP contribution in [0, 0.1) is 0 Å². The minimum atomic E-state index is -4.57. The highest BCUT2D eigenvalue weighted by molar-refractivity contribution is 6.46. The maximum atomic E-state index is 13.2. The number of Topliss-reactive ketones (excluding diaryl/α,β-unsaturated/α-hetero) is 1. The van der Waals surface area contributed by atoms with Crippen LogP contribution in [-0.4, -0.2) is 33.5 Å². The van der Waals surface area contributed by atoms with Gasteiger partial charge >= 0.3 is 6.18 Å². The Morgan fingerprint density at radius 2 is 1.83 bits per heavy atom. The van der Waals surface area contributed by atoms with Crippen LogP contribution in [0.1, 0.15) is 28.4 Å². The molecule has 0 spiro atoms. The van der Waals surface area contributed by atoms with Gasteiger partial charge in [0.15, 0.2) is 11.5 Å². The number of benzene rings is 2. The highest BCUT2D eigenvalue weighted by Crippen LogP contribution is 2.41. The fourth-order valence-electron chi connectivity index (χ4n) is 4.13. The van der Waals surface area contributed by atoms with Crippen molar-refractivity contribution in [3.05, 3.63) is 94.8 Å². The molecule has 0 aliphatic carbocycles. The van der Waals surface area contributed by atoms with Crippen LogP contribution in [0.3, 0.4) is 0 Å². The van der Waals surface area contributed by atoms with Crippen molar-refractivity contribution in [3.63, 3.8) is 0 Å². The Morgan fingerprint density at radius 3 is 2.57 bits per heavy atom. The maximum absolute atomic E-state index is 13.2. The fraction of sp³-hybridized carbons (Fsp3) is 0.160. The summed E-state index contributed by atoms with van der Waals surface area (Å²) < 4.78 is 50.2. The SMILES string of the molecule is O=C1C(=O)N(Cc2cccc(C(F)(F)F)c2)C(c2ccccn2)/C1=C(/O)c1ccc2c(c1)OCO2. The lowest BCUT2D eigenvalue weighted by Crippen LogP contribution is -2.29. The van der Waals surface area contributed by atoms with Gasteiger partial charge in [-0.05, 0) is 48.0 Å². The van der Waals surface area contributed by atoms with Crippen molar-refractivity contribution in [1.82, 2.24) is 9.88 Å². The molecule has 2 aliphatic rings. The van der Waals surface area contributed by atoms with Gasteiger partial charge in [0.25, 0.3) is 11.7 Å². The van der Waals surface area contributed by atoms with Gasteiger partial charge in [-0.15, -0.1) is 0 Å². The Balaban J connectivity index is 1.60. The lowest BCUT2D eigenvalue weighted by Gasteiger charge is -2.25. The van der Waals surface area contributed by atoms with E-state index < -0.39 is 35.2 Å². The Morgan fingerprint density at radius 1 is 1.03 bits per heavy atom. The molecule has 178 valence electrons. The second kappa shape index (κ2) is 8.46. The molecule has 1 saturated heterocycles. The third kappa shape index (κ3) is 4.07. The maximum Gasteiger partial charge on any atom is 0.416 e. The van der Waals surface area contributed by atoms with Crippen LogP contribution in [0.4, 0.5) is 13.2 Å². The third-order valence-electron chi connectivity index (χ3n) is 5.76. The summed E-state index contributed by atoms with van der Waals surface area (Å²) in [5.74, 6) is -1.55. The van der Waals surface area contributed by atoms with Crippen molar-refractivity contribution >= 4 is 17.4 Å². The molecule has 7 nitrogen and oxygen atoms in total. The Kier molecular flexibility index (Phi) is 5.43. The quantitative estimate of drug-likeness (QED) is 0.336. The van der Waals surface area contributed by atoms with Crippen LogP contribution in [-0.2, 0) is 22.3 Å². The van der Waals surface area contributed by atoms with Crippen molar-refractivity contribution in [2.45, 2.75) is 18.8 Å². The number of carbonyl (C=O) groups is 2. The number of aliphatic hydroxyl groups is 1. The van der Waals surface area contributed by atoms with Gasteiger partial charge in [0, 0.05) is 18.3 Å². The van der Waals surface area contributed by atoms with Crippen LogP contribution >= 0.6 is 0 Å². The first-order valence-electron chi connectivity index (χ1n) is 10.5. The molecule has 2 aliphatic heterocycles. The minimum Gasteiger partial charge on any atom is -0.507 e. The fourth-order valence-corrected chi connectivity index (χ4v) is 4.13. The molecule has 1 N–H and O–H groups in total. The number of ether oxygens (including phenoxy) is 2.